The zero-order valence-electron chi connectivity index (χ0n) is 10.5. The van der Waals surface area contributed by atoms with Crippen molar-refractivity contribution in [3.8, 4) is 11.4 Å². The second-order valence-electron chi connectivity index (χ2n) is 4.18. The zero-order valence-corrected chi connectivity index (χ0v) is 12.9. The molecule has 2 nitrogen and oxygen atoms in total. The molecule has 0 saturated heterocycles. The second kappa shape index (κ2) is 5.76. The Morgan fingerprint density at radius 3 is 2.63 bits per heavy atom. The molecule has 0 bridgehead atoms. The SMILES string of the molecule is CCn1c(-c2cccc(Br)c2)nc2ccccc21.Cl. The first-order chi connectivity index (χ1) is 8.79. The van der Waals surface area contributed by atoms with Gasteiger partial charge in [0, 0.05) is 16.6 Å². The van der Waals surface area contributed by atoms with Gasteiger partial charge in [-0.15, -0.1) is 12.4 Å². The Kier molecular flexibility index (Phi) is 4.27. The minimum absolute atomic E-state index is 0. The van der Waals surface area contributed by atoms with Gasteiger partial charge in [-0.3, -0.25) is 0 Å². The average molecular weight is 338 g/mol. The average Bonchev–Trinajstić information content (AvgIpc) is 2.77. The van der Waals surface area contributed by atoms with Crippen LogP contribution in [0.15, 0.2) is 53.0 Å². The van der Waals surface area contributed by atoms with Crippen molar-refractivity contribution in [2.24, 2.45) is 0 Å². The molecule has 4 heteroatoms. The second-order valence-corrected chi connectivity index (χ2v) is 5.09. The van der Waals surface area contributed by atoms with Gasteiger partial charge >= 0.3 is 0 Å². The van der Waals surface area contributed by atoms with Crippen LogP contribution in [0, 0.1) is 0 Å². The van der Waals surface area contributed by atoms with Gasteiger partial charge in [0.1, 0.15) is 5.82 Å². The summed E-state index contributed by atoms with van der Waals surface area (Å²) >= 11 is 3.51. The number of imidazole rings is 1. The summed E-state index contributed by atoms with van der Waals surface area (Å²) in [6, 6.07) is 16.5. The molecule has 1 heterocycles. The van der Waals surface area contributed by atoms with E-state index in [2.05, 4.69) is 57.8 Å². The van der Waals surface area contributed by atoms with E-state index in [1.54, 1.807) is 0 Å². The lowest BCUT2D eigenvalue weighted by Gasteiger charge is -2.06. The van der Waals surface area contributed by atoms with Crippen LogP contribution in [0.2, 0.25) is 0 Å². The van der Waals surface area contributed by atoms with Crippen LogP contribution in [0.3, 0.4) is 0 Å². The van der Waals surface area contributed by atoms with Crippen LogP contribution in [0.1, 0.15) is 6.92 Å². The Morgan fingerprint density at radius 2 is 1.89 bits per heavy atom. The lowest BCUT2D eigenvalue weighted by atomic mass is 10.2. The third-order valence-electron chi connectivity index (χ3n) is 3.05. The van der Waals surface area contributed by atoms with Crippen LogP contribution in [-0.2, 0) is 6.54 Å². The number of rotatable bonds is 2. The van der Waals surface area contributed by atoms with E-state index in [-0.39, 0.29) is 12.4 Å². The van der Waals surface area contributed by atoms with Gasteiger partial charge in [-0.1, -0.05) is 40.2 Å². The summed E-state index contributed by atoms with van der Waals surface area (Å²) in [5, 5.41) is 0. The standard InChI is InChI=1S/C15H13BrN2.ClH/c1-2-18-14-9-4-3-8-13(14)17-15(18)11-6-5-7-12(16)10-11;/h3-10H,2H2,1H3;1H. The van der Waals surface area contributed by atoms with Crippen molar-refractivity contribution in [1.82, 2.24) is 9.55 Å². The van der Waals surface area contributed by atoms with Crippen molar-refractivity contribution in [1.29, 1.82) is 0 Å². The maximum absolute atomic E-state index is 4.74. The van der Waals surface area contributed by atoms with Crippen LogP contribution in [-0.4, -0.2) is 9.55 Å². The number of benzene rings is 2. The minimum atomic E-state index is 0. The van der Waals surface area contributed by atoms with Crippen molar-refractivity contribution in [3.05, 3.63) is 53.0 Å². The fraction of sp³-hybridized carbons (Fsp3) is 0.133. The van der Waals surface area contributed by atoms with E-state index in [4.69, 9.17) is 4.98 Å². The molecule has 0 radical (unpaired) electrons. The Hall–Kier alpha value is -1.32. The van der Waals surface area contributed by atoms with Gasteiger partial charge in [0.2, 0.25) is 0 Å². The molecule has 0 amide bonds. The Bertz CT molecular complexity index is 706. The van der Waals surface area contributed by atoms with E-state index in [1.165, 1.54) is 5.52 Å². The van der Waals surface area contributed by atoms with E-state index in [0.717, 1.165) is 27.9 Å². The number of hydrogen-bond donors (Lipinski definition) is 0. The van der Waals surface area contributed by atoms with E-state index < -0.39 is 0 Å². The maximum Gasteiger partial charge on any atom is 0.141 e. The summed E-state index contributed by atoms with van der Waals surface area (Å²) in [4.78, 5) is 4.74. The highest BCUT2D eigenvalue weighted by molar-refractivity contribution is 9.10. The van der Waals surface area contributed by atoms with Gasteiger partial charge in [0.25, 0.3) is 0 Å². The number of nitrogens with zero attached hydrogens (tertiary/aromatic N) is 2. The van der Waals surface area contributed by atoms with E-state index in [9.17, 15) is 0 Å². The topological polar surface area (TPSA) is 17.8 Å². The van der Waals surface area contributed by atoms with Crippen molar-refractivity contribution in [2.45, 2.75) is 13.5 Å². The number of halogens is 2. The molecule has 0 saturated carbocycles. The van der Waals surface area contributed by atoms with Gasteiger partial charge in [-0.05, 0) is 31.2 Å². The number of aryl methyl sites for hydroxylation is 1. The molecule has 19 heavy (non-hydrogen) atoms. The number of para-hydroxylation sites is 2. The molecule has 0 unspecified atom stereocenters. The highest BCUT2D eigenvalue weighted by Gasteiger charge is 2.10. The highest BCUT2D eigenvalue weighted by Crippen LogP contribution is 2.26. The lowest BCUT2D eigenvalue weighted by molar-refractivity contribution is 0.796. The lowest BCUT2D eigenvalue weighted by Crippen LogP contribution is -1.97. The smallest absolute Gasteiger partial charge is 0.141 e. The van der Waals surface area contributed by atoms with E-state index >= 15 is 0 Å². The Morgan fingerprint density at radius 1 is 1.11 bits per heavy atom. The minimum Gasteiger partial charge on any atom is -0.324 e. The first kappa shape index (κ1) is 14.1. The van der Waals surface area contributed by atoms with Gasteiger partial charge in [-0.25, -0.2) is 4.98 Å². The molecule has 2 aromatic carbocycles. The van der Waals surface area contributed by atoms with Gasteiger partial charge in [0.05, 0.1) is 11.0 Å². The number of fused-ring (bicyclic) bond motifs is 1. The van der Waals surface area contributed by atoms with Crippen molar-refractivity contribution in [2.75, 3.05) is 0 Å². The fourth-order valence-corrected chi connectivity index (χ4v) is 2.64. The summed E-state index contributed by atoms with van der Waals surface area (Å²) in [6.45, 7) is 3.07. The van der Waals surface area contributed by atoms with E-state index in [0.29, 0.717) is 0 Å². The van der Waals surface area contributed by atoms with Gasteiger partial charge in [0.15, 0.2) is 0 Å². The summed E-state index contributed by atoms with van der Waals surface area (Å²) in [5.41, 5.74) is 3.38. The molecule has 0 aliphatic heterocycles. The largest absolute Gasteiger partial charge is 0.324 e. The quantitative estimate of drug-likeness (QED) is 0.650. The predicted molar refractivity (Wildman–Crippen MR) is 85.8 cm³/mol. The normalized spacial score (nSPS) is 10.4. The fourth-order valence-electron chi connectivity index (χ4n) is 2.24. The molecule has 0 aliphatic rings. The first-order valence-electron chi connectivity index (χ1n) is 6.01. The molecular formula is C15H14BrClN2. The summed E-state index contributed by atoms with van der Waals surface area (Å²) in [5.74, 6) is 1.03. The molecule has 0 spiro atoms. The van der Waals surface area contributed by atoms with Crippen LogP contribution >= 0.6 is 28.3 Å². The molecule has 3 rings (SSSR count). The monoisotopic (exact) mass is 336 g/mol. The molecule has 0 N–H and O–H groups in total. The van der Waals surface area contributed by atoms with Crippen molar-refractivity contribution < 1.29 is 0 Å². The summed E-state index contributed by atoms with van der Waals surface area (Å²) in [6.07, 6.45) is 0. The van der Waals surface area contributed by atoms with Crippen molar-refractivity contribution >= 4 is 39.4 Å². The first-order valence-corrected chi connectivity index (χ1v) is 6.80. The van der Waals surface area contributed by atoms with Crippen LogP contribution < -0.4 is 0 Å². The number of hydrogen-bond acceptors (Lipinski definition) is 1. The van der Waals surface area contributed by atoms with Crippen LogP contribution in [0.4, 0.5) is 0 Å². The molecule has 98 valence electrons. The van der Waals surface area contributed by atoms with E-state index in [1.807, 2.05) is 18.2 Å². The predicted octanol–water partition coefficient (Wildman–Crippen LogP) is 4.91. The summed E-state index contributed by atoms with van der Waals surface area (Å²) < 4.78 is 3.33. The highest BCUT2D eigenvalue weighted by atomic mass is 79.9. The third kappa shape index (κ3) is 2.53. The number of aromatic nitrogens is 2. The molecule has 1 aromatic heterocycles. The Labute approximate surface area is 127 Å². The third-order valence-corrected chi connectivity index (χ3v) is 3.55. The van der Waals surface area contributed by atoms with Gasteiger partial charge < -0.3 is 4.57 Å². The maximum atomic E-state index is 4.74. The summed E-state index contributed by atoms with van der Waals surface area (Å²) in [7, 11) is 0. The molecule has 0 atom stereocenters. The molecule has 0 aliphatic carbocycles. The van der Waals surface area contributed by atoms with Crippen LogP contribution in [0.25, 0.3) is 22.4 Å². The molecular weight excluding hydrogens is 324 g/mol. The Balaban J connectivity index is 0.00000133. The molecule has 3 aromatic rings. The van der Waals surface area contributed by atoms with Gasteiger partial charge in [-0.2, -0.15) is 0 Å². The molecule has 0 fully saturated rings. The zero-order chi connectivity index (χ0) is 12.5. The van der Waals surface area contributed by atoms with Crippen molar-refractivity contribution in [3.63, 3.8) is 0 Å². The van der Waals surface area contributed by atoms with Crippen LogP contribution in [0.5, 0.6) is 0 Å².